The summed E-state index contributed by atoms with van der Waals surface area (Å²) in [6.07, 6.45) is 3.82. The van der Waals surface area contributed by atoms with Crippen LogP contribution >= 0.6 is 0 Å². The summed E-state index contributed by atoms with van der Waals surface area (Å²) in [6, 6.07) is 3.81. The second-order valence-electron chi connectivity index (χ2n) is 9.05. The molecule has 2 fully saturated rings. The minimum Gasteiger partial charge on any atom is -0.492 e. The van der Waals surface area contributed by atoms with Crippen LogP contribution in [0.2, 0.25) is 0 Å². The van der Waals surface area contributed by atoms with E-state index < -0.39 is 0 Å². The van der Waals surface area contributed by atoms with E-state index in [2.05, 4.69) is 27.4 Å². The van der Waals surface area contributed by atoms with Crippen molar-refractivity contribution in [3.05, 3.63) is 12.1 Å². The zero-order valence-corrected chi connectivity index (χ0v) is 21.6. The number of carbonyl (C=O) groups excluding carboxylic acids is 2. The van der Waals surface area contributed by atoms with E-state index in [1.807, 2.05) is 26.0 Å². The van der Waals surface area contributed by atoms with Gasteiger partial charge in [-0.2, -0.15) is 0 Å². The molecule has 0 saturated carbocycles. The van der Waals surface area contributed by atoms with Crippen LogP contribution in [-0.4, -0.2) is 82.4 Å². The molecule has 1 aromatic carbocycles. The predicted molar refractivity (Wildman–Crippen MR) is 138 cm³/mol. The van der Waals surface area contributed by atoms with Crippen LogP contribution in [0.5, 0.6) is 11.5 Å². The standard InChI is InChI=1S/C26H42N4O5/c1-4-7-10-27-26(32)20-9-8-11-29(18-20)19-25(31)28-21-16-24(35-6-3)22(17-23(21)34-5-2)30-12-14-33-15-13-30/h16-17,20H,4-15,18-19H2,1-3H3,(H,27,32)(H,28,31). The van der Waals surface area contributed by atoms with Gasteiger partial charge in [-0.1, -0.05) is 13.3 Å². The van der Waals surface area contributed by atoms with Crippen LogP contribution in [0.15, 0.2) is 12.1 Å². The van der Waals surface area contributed by atoms with Crippen LogP contribution < -0.4 is 25.0 Å². The predicted octanol–water partition coefficient (Wildman–Crippen LogP) is 2.89. The minimum absolute atomic E-state index is 0.0650. The molecule has 9 heteroatoms. The van der Waals surface area contributed by atoms with Crippen molar-refractivity contribution in [2.24, 2.45) is 5.92 Å². The maximum absolute atomic E-state index is 13.0. The second kappa shape index (κ2) is 14.1. The molecule has 9 nitrogen and oxygen atoms in total. The number of hydrogen-bond donors (Lipinski definition) is 2. The summed E-state index contributed by atoms with van der Waals surface area (Å²) < 4.78 is 17.3. The highest BCUT2D eigenvalue weighted by Crippen LogP contribution is 2.39. The molecule has 2 N–H and O–H groups in total. The Balaban J connectivity index is 1.67. The molecule has 2 amide bonds. The maximum atomic E-state index is 13.0. The van der Waals surface area contributed by atoms with Crippen LogP contribution in [0.4, 0.5) is 11.4 Å². The van der Waals surface area contributed by atoms with E-state index in [0.717, 1.165) is 63.3 Å². The van der Waals surface area contributed by atoms with Crippen LogP contribution in [0.25, 0.3) is 0 Å². The Morgan fingerprint density at radius 1 is 1.06 bits per heavy atom. The van der Waals surface area contributed by atoms with Gasteiger partial charge in [0.15, 0.2) is 0 Å². The van der Waals surface area contributed by atoms with Crippen molar-refractivity contribution in [2.75, 3.05) is 75.9 Å². The molecule has 3 rings (SSSR count). The van der Waals surface area contributed by atoms with E-state index >= 15 is 0 Å². The van der Waals surface area contributed by atoms with Crippen molar-refractivity contribution in [2.45, 2.75) is 46.5 Å². The first-order valence-corrected chi connectivity index (χ1v) is 13.1. The number of nitrogens with one attached hydrogen (secondary N) is 2. The largest absolute Gasteiger partial charge is 0.492 e. The lowest BCUT2D eigenvalue weighted by Gasteiger charge is -2.32. The zero-order valence-electron chi connectivity index (χ0n) is 21.6. The first-order chi connectivity index (χ1) is 17.0. The van der Waals surface area contributed by atoms with Crippen LogP contribution in [0.1, 0.15) is 46.5 Å². The molecule has 2 heterocycles. The molecule has 0 aromatic heterocycles. The number of morpholine rings is 1. The number of anilines is 2. The molecule has 0 spiro atoms. The van der Waals surface area contributed by atoms with E-state index in [-0.39, 0.29) is 24.3 Å². The van der Waals surface area contributed by atoms with Gasteiger partial charge in [0.2, 0.25) is 11.8 Å². The Bertz CT molecular complexity index is 828. The normalized spacial score (nSPS) is 18.7. The fourth-order valence-corrected chi connectivity index (χ4v) is 4.58. The second-order valence-corrected chi connectivity index (χ2v) is 9.05. The first kappa shape index (κ1) is 27.1. The summed E-state index contributed by atoms with van der Waals surface area (Å²) in [5, 5.41) is 6.06. The number of ether oxygens (including phenoxy) is 3. The topological polar surface area (TPSA) is 92.4 Å². The van der Waals surface area contributed by atoms with Gasteiger partial charge in [-0.05, 0) is 39.7 Å². The fraction of sp³-hybridized carbons (Fsp3) is 0.692. The molecular weight excluding hydrogens is 448 g/mol. The molecule has 1 unspecified atom stereocenters. The van der Waals surface area contributed by atoms with Crippen LogP contribution in [0, 0.1) is 5.92 Å². The summed E-state index contributed by atoms with van der Waals surface area (Å²) in [4.78, 5) is 29.8. The molecule has 0 radical (unpaired) electrons. The number of hydrogen-bond acceptors (Lipinski definition) is 7. The van der Waals surface area contributed by atoms with Gasteiger partial charge in [0.25, 0.3) is 0 Å². The fourth-order valence-electron chi connectivity index (χ4n) is 4.58. The summed E-state index contributed by atoms with van der Waals surface area (Å²) in [7, 11) is 0. The molecule has 1 atom stereocenters. The number of nitrogens with zero attached hydrogens (tertiary/aromatic N) is 2. The molecule has 2 saturated heterocycles. The quantitative estimate of drug-likeness (QED) is 0.435. The van der Waals surface area contributed by atoms with E-state index in [1.165, 1.54) is 0 Å². The van der Waals surface area contributed by atoms with E-state index in [9.17, 15) is 9.59 Å². The molecule has 2 aliphatic rings. The third kappa shape index (κ3) is 8.00. The Kier molecular flexibility index (Phi) is 10.9. The molecule has 0 aliphatic carbocycles. The van der Waals surface area contributed by atoms with E-state index in [0.29, 0.717) is 44.4 Å². The van der Waals surface area contributed by atoms with Crippen molar-refractivity contribution in [1.29, 1.82) is 0 Å². The average molecular weight is 491 g/mol. The third-order valence-electron chi connectivity index (χ3n) is 6.36. The van der Waals surface area contributed by atoms with Gasteiger partial charge in [-0.3, -0.25) is 14.5 Å². The minimum atomic E-state index is -0.125. The highest BCUT2D eigenvalue weighted by atomic mass is 16.5. The smallest absolute Gasteiger partial charge is 0.238 e. The number of carbonyl (C=O) groups is 2. The Morgan fingerprint density at radius 2 is 1.80 bits per heavy atom. The Morgan fingerprint density at radius 3 is 2.51 bits per heavy atom. The SMILES string of the molecule is CCCCNC(=O)C1CCCN(CC(=O)Nc2cc(OCC)c(N3CCOCC3)cc2OCC)C1. The monoisotopic (exact) mass is 490 g/mol. The third-order valence-corrected chi connectivity index (χ3v) is 6.36. The average Bonchev–Trinajstić information content (AvgIpc) is 2.86. The van der Waals surface area contributed by atoms with Crippen molar-refractivity contribution < 1.29 is 23.8 Å². The number of piperidine rings is 1. The lowest BCUT2D eigenvalue weighted by molar-refractivity contribution is -0.127. The van der Waals surface area contributed by atoms with Crippen molar-refractivity contribution >= 4 is 23.2 Å². The lowest BCUT2D eigenvalue weighted by atomic mass is 9.97. The van der Waals surface area contributed by atoms with Gasteiger partial charge >= 0.3 is 0 Å². The first-order valence-electron chi connectivity index (χ1n) is 13.1. The number of amides is 2. The van der Waals surface area contributed by atoms with E-state index in [1.54, 1.807) is 0 Å². The molecule has 1 aromatic rings. The molecule has 0 bridgehead atoms. The summed E-state index contributed by atoms with van der Waals surface area (Å²) in [6.45, 7) is 12.2. The number of benzene rings is 1. The molecule has 2 aliphatic heterocycles. The number of unbranched alkanes of at least 4 members (excludes halogenated alkanes) is 1. The van der Waals surface area contributed by atoms with Gasteiger partial charge in [0, 0.05) is 38.3 Å². The van der Waals surface area contributed by atoms with Gasteiger partial charge in [0.05, 0.1) is 50.3 Å². The highest BCUT2D eigenvalue weighted by molar-refractivity contribution is 5.94. The molecule has 35 heavy (non-hydrogen) atoms. The Labute approximate surface area is 209 Å². The lowest BCUT2D eigenvalue weighted by Crippen LogP contribution is -2.45. The van der Waals surface area contributed by atoms with Gasteiger partial charge < -0.3 is 29.7 Å². The maximum Gasteiger partial charge on any atom is 0.238 e. The Hall–Kier alpha value is -2.52. The van der Waals surface area contributed by atoms with Crippen molar-refractivity contribution in [3.8, 4) is 11.5 Å². The number of likely N-dealkylation sites (tertiary alicyclic amines) is 1. The summed E-state index contributed by atoms with van der Waals surface area (Å²) >= 11 is 0. The van der Waals surface area contributed by atoms with E-state index in [4.69, 9.17) is 14.2 Å². The van der Waals surface area contributed by atoms with Gasteiger partial charge in [-0.25, -0.2) is 0 Å². The van der Waals surface area contributed by atoms with Gasteiger partial charge in [0.1, 0.15) is 11.5 Å². The van der Waals surface area contributed by atoms with Crippen LogP contribution in [0.3, 0.4) is 0 Å². The van der Waals surface area contributed by atoms with Crippen molar-refractivity contribution in [1.82, 2.24) is 10.2 Å². The molecular formula is C26H42N4O5. The van der Waals surface area contributed by atoms with Crippen molar-refractivity contribution in [3.63, 3.8) is 0 Å². The zero-order chi connectivity index (χ0) is 25.0. The molecule has 196 valence electrons. The number of rotatable bonds is 12. The van der Waals surface area contributed by atoms with Crippen LogP contribution in [-0.2, 0) is 14.3 Å². The summed E-state index contributed by atoms with van der Waals surface area (Å²) in [5.74, 6) is 1.25. The van der Waals surface area contributed by atoms with Gasteiger partial charge in [-0.15, -0.1) is 0 Å². The summed E-state index contributed by atoms with van der Waals surface area (Å²) in [5.41, 5.74) is 1.55. The highest BCUT2D eigenvalue weighted by Gasteiger charge is 2.27.